The number of pyridine rings is 1. The molecule has 0 atom stereocenters. The Kier molecular flexibility index (Phi) is 9.03. The molecule has 1 saturated heterocycles. The molecule has 4 heterocycles. The Morgan fingerprint density at radius 3 is 2.45 bits per heavy atom. The van der Waals surface area contributed by atoms with Crippen molar-refractivity contribution in [2.24, 2.45) is 7.05 Å². The molecule has 1 aliphatic heterocycles. The van der Waals surface area contributed by atoms with Crippen LogP contribution < -0.4 is 10.3 Å². The van der Waals surface area contributed by atoms with Gasteiger partial charge in [0.25, 0.3) is 5.56 Å². The van der Waals surface area contributed by atoms with E-state index in [1.165, 1.54) is 53.8 Å². The molecule has 0 spiro atoms. The van der Waals surface area contributed by atoms with E-state index in [0.29, 0.717) is 5.82 Å². The maximum Gasteiger partial charge on any atom is 0.280 e. The Balaban J connectivity index is 0.000000639. The zero-order chi connectivity index (χ0) is 29.6. The number of rotatable bonds is 7. The average Bonchev–Trinajstić information content (AvgIpc) is 3.75. The molecule has 1 fully saturated rings. The maximum absolute atomic E-state index is 15.1. The number of H-pyrrole nitrogens is 1. The lowest BCUT2D eigenvalue weighted by Gasteiger charge is -2.10. The Labute approximate surface area is 242 Å². The van der Waals surface area contributed by atoms with Gasteiger partial charge < -0.3 is 18.6 Å². The molecule has 6 rings (SSSR count). The maximum atomic E-state index is 15.1. The van der Waals surface area contributed by atoms with Gasteiger partial charge >= 0.3 is 0 Å². The Morgan fingerprint density at radius 2 is 1.76 bits per heavy atom. The van der Waals surface area contributed by atoms with Gasteiger partial charge in [-0.2, -0.15) is 5.16 Å². The van der Waals surface area contributed by atoms with E-state index in [1.807, 2.05) is 0 Å². The molecule has 1 aliphatic rings. The van der Waals surface area contributed by atoms with Crippen molar-refractivity contribution in [3.8, 4) is 28.7 Å². The van der Waals surface area contributed by atoms with Crippen molar-refractivity contribution in [1.29, 1.82) is 0 Å². The average molecular weight is 600 g/mol. The van der Waals surface area contributed by atoms with E-state index < -0.39 is 23.0 Å². The molecule has 0 bridgehead atoms. The third-order valence-electron chi connectivity index (χ3n) is 6.41. The second-order valence-corrected chi connectivity index (χ2v) is 9.82. The first-order chi connectivity index (χ1) is 20.3. The van der Waals surface area contributed by atoms with Crippen molar-refractivity contribution in [3.05, 3.63) is 104 Å². The van der Waals surface area contributed by atoms with Crippen LogP contribution in [0.2, 0.25) is 5.02 Å². The lowest BCUT2D eigenvalue weighted by atomic mass is 10.0. The van der Waals surface area contributed by atoms with Gasteiger partial charge in [-0.05, 0) is 48.7 Å². The quantitative estimate of drug-likeness (QED) is 0.249. The van der Waals surface area contributed by atoms with E-state index in [4.69, 9.17) is 25.6 Å². The monoisotopic (exact) mass is 599 g/mol. The molecule has 2 aromatic carbocycles. The number of halogens is 4. The molecular formula is C29H25ClF3N5O4. The largest absolute Gasteiger partial charge is 0.473 e. The van der Waals surface area contributed by atoms with E-state index in [2.05, 4.69) is 20.3 Å². The van der Waals surface area contributed by atoms with Crippen LogP contribution in [0, 0.1) is 17.5 Å². The number of benzene rings is 2. The van der Waals surface area contributed by atoms with Crippen molar-refractivity contribution in [1.82, 2.24) is 24.9 Å². The highest BCUT2D eigenvalue weighted by atomic mass is 35.5. The van der Waals surface area contributed by atoms with Crippen molar-refractivity contribution < 1.29 is 27.2 Å². The fourth-order valence-electron chi connectivity index (χ4n) is 4.16. The van der Waals surface area contributed by atoms with E-state index in [1.54, 1.807) is 13.1 Å². The molecule has 0 aliphatic carbocycles. The first kappa shape index (κ1) is 29.1. The van der Waals surface area contributed by atoms with Crippen molar-refractivity contribution in [2.45, 2.75) is 25.9 Å². The molecular weight excluding hydrogens is 575 g/mol. The van der Waals surface area contributed by atoms with Gasteiger partial charge in [-0.3, -0.25) is 4.79 Å². The van der Waals surface area contributed by atoms with Gasteiger partial charge in [0, 0.05) is 48.9 Å². The molecule has 5 aromatic rings. The van der Waals surface area contributed by atoms with Gasteiger partial charge in [0.15, 0.2) is 0 Å². The molecule has 218 valence electrons. The Hall–Kier alpha value is -4.42. The minimum atomic E-state index is -0.705. The minimum absolute atomic E-state index is 0.0458. The third-order valence-corrected chi connectivity index (χ3v) is 6.65. The summed E-state index contributed by atoms with van der Waals surface area (Å²) in [7, 11) is 1.62. The molecule has 3 aromatic heterocycles. The van der Waals surface area contributed by atoms with Crippen LogP contribution in [-0.4, -0.2) is 38.1 Å². The summed E-state index contributed by atoms with van der Waals surface area (Å²) in [6, 6.07) is 12.1. The highest BCUT2D eigenvalue weighted by Gasteiger charge is 2.19. The van der Waals surface area contributed by atoms with Crippen LogP contribution in [0.3, 0.4) is 0 Å². The number of aromatic amines is 1. The normalized spacial score (nSPS) is 12.7. The lowest BCUT2D eigenvalue weighted by Crippen LogP contribution is -2.04. The van der Waals surface area contributed by atoms with E-state index in [0.717, 1.165) is 25.3 Å². The van der Waals surface area contributed by atoms with Gasteiger partial charge in [0.2, 0.25) is 17.5 Å². The highest BCUT2D eigenvalue weighted by molar-refractivity contribution is 6.30. The van der Waals surface area contributed by atoms with E-state index >= 15 is 8.78 Å². The summed E-state index contributed by atoms with van der Waals surface area (Å²) in [5.74, 6) is -1.05. The molecule has 9 nitrogen and oxygen atoms in total. The molecule has 42 heavy (non-hydrogen) atoms. The second-order valence-electron chi connectivity index (χ2n) is 9.38. The van der Waals surface area contributed by atoms with E-state index in [9.17, 15) is 9.18 Å². The van der Waals surface area contributed by atoms with Gasteiger partial charge in [-0.25, -0.2) is 18.2 Å². The van der Waals surface area contributed by atoms with Crippen LogP contribution >= 0.6 is 11.6 Å². The van der Waals surface area contributed by atoms with Crippen LogP contribution in [0.25, 0.3) is 22.8 Å². The summed E-state index contributed by atoms with van der Waals surface area (Å²) in [5, 5.41) is 10.4. The molecule has 0 saturated carbocycles. The smallest absolute Gasteiger partial charge is 0.280 e. The fraction of sp³-hybridized carbons (Fsp3) is 0.241. The lowest BCUT2D eigenvalue weighted by molar-refractivity contribution is 0.198. The standard InChI is InChI=1S/C25H17ClF3N5O3.C4H8O/c1-34-22(31-32-25(34)21-11-23(35)33-37-21)8-14-7-19(29)16(10-18(14)28)20-3-2-4-24(30-20)36-12-13-5-6-15(26)9-17(13)27;1-2-4-5-3-1/h2-7,9-11H,8,12H2,1H3,(H,33,35);1-4H2. The molecule has 0 amide bonds. The van der Waals surface area contributed by atoms with Crippen LogP contribution in [0.4, 0.5) is 13.2 Å². The van der Waals surface area contributed by atoms with E-state index in [-0.39, 0.29) is 57.9 Å². The van der Waals surface area contributed by atoms with Gasteiger partial charge in [0.05, 0.1) is 11.8 Å². The number of ether oxygens (including phenoxy) is 2. The number of aromatic nitrogens is 5. The summed E-state index contributed by atoms with van der Waals surface area (Å²) in [5.41, 5.74) is -0.0609. The van der Waals surface area contributed by atoms with Crippen molar-refractivity contribution in [2.75, 3.05) is 13.2 Å². The van der Waals surface area contributed by atoms with Gasteiger partial charge in [-0.1, -0.05) is 23.7 Å². The first-order valence-corrected chi connectivity index (χ1v) is 13.3. The SMILES string of the molecule is C1CCOC1.Cn1c(Cc2cc(F)c(-c3cccc(OCc4ccc(Cl)cc4F)n3)cc2F)nnc1-c1cc(=O)[nH]o1. The minimum Gasteiger partial charge on any atom is -0.473 e. The predicted molar refractivity (Wildman–Crippen MR) is 148 cm³/mol. The van der Waals surface area contributed by atoms with Crippen molar-refractivity contribution in [3.63, 3.8) is 0 Å². The molecule has 0 radical (unpaired) electrons. The topological polar surface area (TPSA) is 108 Å². The summed E-state index contributed by atoms with van der Waals surface area (Å²) in [6.07, 6.45) is 2.49. The van der Waals surface area contributed by atoms with Crippen LogP contribution in [0.1, 0.15) is 29.8 Å². The number of hydrogen-bond donors (Lipinski definition) is 1. The zero-order valence-electron chi connectivity index (χ0n) is 22.4. The summed E-state index contributed by atoms with van der Waals surface area (Å²) < 4.78 is 61.1. The van der Waals surface area contributed by atoms with Crippen LogP contribution in [-0.2, 0) is 24.8 Å². The van der Waals surface area contributed by atoms with Gasteiger partial charge in [-0.15, -0.1) is 10.2 Å². The zero-order valence-corrected chi connectivity index (χ0v) is 23.1. The van der Waals surface area contributed by atoms with Gasteiger partial charge in [0.1, 0.15) is 29.9 Å². The predicted octanol–water partition coefficient (Wildman–Crippen LogP) is 5.86. The van der Waals surface area contributed by atoms with Crippen molar-refractivity contribution >= 4 is 11.6 Å². The first-order valence-electron chi connectivity index (χ1n) is 13.0. The molecule has 1 N–H and O–H groups in total. The summed E-state index contributed by atoms with van der Waals surface area (Å²) in [6.45, 7) is 1.88. The second kappa shape index (κ2) is 13.0. The number of nitrogens with one attached hydrogen (secondary N) is 1. The molecule has 13 heteroatoms. The van der Waals surface area contributed by atoms with Crippen LogP contribution in [0.15, 0.2) is 63.9 Å². The number of hydrogen-bond acceptors (Lipinski definition) is 7. The molecule has 0 unspecified atom stereocenters. The highest BCUT2D eigenvalue weighted by Crippen LogP contribution is 2.28. The fourth-order valence-corrected chi connectivity index (χ4v) is 4.32. The number of nitrogens with zero attached hydrogens (tertiary/aromatic N) is 4. The Morgan fingerprint density at radius 1 is 0.976 bits per heavy atom. The summed E-state index contributed by atoms with van der Waals surface area (Å²) in [4.78, 5) is 15.6. The Bertz CT molecular complexity index is 1740. The summed E-state index contributed by atoms with van der Waals surface area (Å²) >= 11 is 5.76. The van der Waals surface area contributed by atoms with Crippen LogP contribution in [0.5, 0.6) is 5.88 Å². The third kappa shape index (κ3) is 6.89.